The maximum Gasteiger partial charge on any atom is 0.251 e. The van der Waals surface area contributed by atoms with Crippen molar-refractivity contribution in [2.45, 2.75) is 11.4 Å². The van der Waals surface area contributed by atoms with E-state index in [1.165, 1.54) is 38.4 Å². The van der Waals surface area contributed by atoms with Gasteiger partial charge in [-0.05, 0) is 30.3 Å². The highest BCUT2D eigenvalue weighted by atomic mass is 32.2. The molecule has 0 bridgehead atoms. The average Bonchev–Trinajstić information content (AvgIpc) is 3.16. The van der Waals surface area contributed by atoms with E-state index in [1.807, 2.05) is 30.3 Å². The third-order valence-corrected chi connectivity index (χ3v) is 5.57. The Balaban J connectivity index is 1.69. The molecule has 0 saturated heterocycles. The Morgan fingerprint density at radius 1 is 1.07 bits per heavy atom. The van der Waals surface area contributed by atoms with Crippen molar-refractivity contribution in [1.29, 1.82) is 0 Å². The van der Waals surface area contributed by atoms with E-state index < -0.39 is 15.9 Å². The second kappa shape index (κ2) is 7.68. The minimum atomic E-state index is -3.61. The highest BCUT2D eigenvalue weighted by Crippen LogP contribution is 2.17. The highest BCUT2D eigenvalue weighted by molar-refractivity contribution is 7.89. The molecule has 0 atom stereocenters. The van der Waals surface area contributed by atoms with Gasteiger partial charge in [-0.1, -0.05) is 24.3 Å². The first-order valence-corrected chi connectivity index (χ1v) is 9.50. The van der Waals surface area contributed by atoms with Crippen LogP contribution in [0.25, 0.3) is 11.5 Å². The van der Waals surface area contributed by atoms with Gasteiger partial charge in [0.15, 0.2) is 0 Å². The Morgan fingerprint density at radius 2 is 1.81 bits per heavy atom. The van der Waals surface area contributed by atoms with Crippen molar-refractivity contribution in [3.8, 4) is 11.5 Å². The average molecular weight is 386 g/mol. The number of rotatable bonds is 6. The van der Waals surface area contributed by atoms with Gasteiger partial charge in [-0.3, -0.25) is 4.79 Å². The molecule has 1 heterocycles. The van der Waals surface area contributed by atoms with E-state index in [-0.39, 0.29) is 22.9 Å². The Labute approximate surface area is 156 Å². The molecule has 0 saturated carbocycles. The van der Waals surface area contributed by atoms with Crippen molar-refractivity contribution >= 4 is 15.9 Å². The van der Waals surface area contributed by atoms with Gasteiger partial charge in [0.2, 0.25) is 21.8 Å². The zero-order valence-electron chi connectivity index (χ0n) is 14.8. The van der Waals surface area contributed by atoms with Gasteiger partial charge in [-0.25, -0.2) is 12.7 Å². The summed E-state index contributed by atoms with van der Waals surface area (Å²) in [6.45, 7) is 0.0311. The summed E-state index contributed by atoms with van der Waals surface area (Å²) >= 11 is 0. The summed E-state index contributed by atoms with van der Waals surface area (Å²) in [5.74, 6) is 0.170. The number of aromatic nitrogens is 2. The van der Waals surface area contributed by atoms with Crippen LogP contribution in [0.4, 0.5) is 0 Å². The lowest BCUT2D eigenvalue weighted by Crippen LogP contribution is -2.25. The minimum absolute atomic E-state index is 0.0311. The minimum Gasteiger partial charge on any atom is -0.419 e. The zero-order chi connectivity index (χ0) is 19.4. The third kappa shape index (κ3) is 4.21. The lowest BCUT2D eigenvalue weighted by atomic mass is 10.2. The predicted molar refractivity (Wildman–Crippen MR) is 98.2 cm³/mol. The molecule has 2 aromatic carbocycles. The molecule has 0 spiro atoms. The summed E-state index contributed by atoms with van der Waals surface area (Å²) < 4.78 is 31.0. The number of nitrogens with one attached hydrogen (secondary N) is 1. The molecule has 0 aliphatic carbocycles. The van der Waals surface area contributed by atoms with Crippen LogP contribution in [0, 0.1) is 0 Å². The van der Waals surface area contributed by atoms with Crippen molar-refractivity contribution in [3.63, 3.8) is 0 Å². The smallest absolute Gasteiger partial charge is 0.251 e. The standard InChI is InChI=1S/C18H18N4O4S/c1-22(2)27(24,25)15-10-6-9-14(11-15)17(23)19-12-16-20-21-18(26-16)13-7-4-3-5-8-13/h3-11H,12H2,1-2H3,(H,19,23). The van der Waals surface area contributed by atoms with Gasteiger partial charge in [0, 0.05) is 25.2 Å². The highest BCUT2D eigenvalue weighted by Gasteiger charge is 2.19. The van der Waals surface area contributed by atoms with Crippen molar-refractivity contribution in [2.75, 3.05) is 14.1 Å². The SMILES string of the molecule is CN(C)S(=O)(=O)c1cccc(C(=O)NCc2nnc(-c3ccccc3)o2)c1. The topological polar surface area (TPSA) is 105 Å². The molecule has 0 unspecified atom stereocenters. The molecule has 27 heavy (non-hydrogen) atoms. The van der Waals surface area contributed by atoms with Crippen LogP contribution in [0.2, 0.25) is 0 Å². The second-order valence-electron chi connectivity index (χ2n) is 5.86. The number of nitrogens with zero attached hydrogens (tertiary/aromatic N) is 3. The molecule has 8 nitrogen and oxygen atoms in total. The van der Waals surface area contributed by atoms with Crippen molar-refractivity contribution in [3.05, 3.63) is 66.1 Å². The van der Waals surface area contributed by atoms with E-state index in [2.05, 4.69) is 15.5 Å². The lowest BCUT2D eigenvalue weighted by Gasteiger charge is -2.12. The molecule has 3 rings (SSSR count). The predicted octanol–water partition coefficient (Wildman–Crippen LogP) is 1.92. The summed E-state index contributed by atoms with van der Waals surface area (Å²) in [4.78, 5) is 12.4. The van der Waals surface area contributed by atoms with Crippen LogP contribution in [0.5, 0.6) is 0 Å². The van der Waals surface area contributed by atoms with Crippen LogP contribution >= 0.6 is 0 Å². The molecule has 140 valence electrons. The number of sulfonamides is 1. The van der Waals surface area contributed by atoms with Gasteiger partial charge >= 0.3 is 0 Å². The van der Waals surface area contributed by atoms with Crippen LogP contribution in [0.3, 0.4) is 0 Å². The lowest BCUT2D eigenvalue weighted by molar-refractivity contribution is 0.0947. The summed E-state index contributed by atoms with van der Waals surface area (Å²) in [5.41, 5.74) is 1.00. The maximum absolute atomic E-state index is 12.3. The number of benzene rings is 2. The Morgan fingerprint density at radius 3 is 2.52 bits per heavy atom. The van der Waals surface area contributed by atoms with E-state index in [9.17, 15) is 13.2 Å². The molecule has 0 aliphatic rings. The van der Waals surface area contributed by atoms with Crippen molar-refractivity contribution < 1.29 is 17.6 Å². The van der Waals surface area contributed by atoms with Crippen molar-refractivity contribution in [1.82, 2.24) is 19.8 Å². The van der Waals surface area contributed by atoms with Gasteiger partial charge in [0.25, 0.3) is 5.91 Å². The van der Waals surface area contributed by atoms with E-state index >= 15 is 0 Å². The van der Waals surface area contributed by atoms with E-state index in [0.717, 1.165) is 9.87 Å². The van der Waals surface area contributed by atoms with Gasteiger partial charge in [0.1, 0.15) is 0 Å². The van der Waals surface area contributed by atoms with E-state index in [4.69, 9.17) is 4.42 Å². The fraction of sp³-hybridized carbons (Fsp3) is 0.167. The first-order valence-electron chi connectivity index (χ1n) is 8.06. The summed E-state index contributed by atoms with van der Waals surface area (Å²) in [7, 11) is -0.750. The first-order chi connectivity index (χ1) is 12.9. The fourth-order valence-electron chi connectivity index (χ4n) is 2.29. The third-order valence-electron chi connectivity index (χ3n) is 3.76. The van der Waals surface area contributed by atoms with Crippen LogP contribution in [0.15, 0.2) is 63.9 Å². The van der Waals surface area contributed by atoms with Crippen LogP contribution in [-0.4, -0.2) is 42.9 Å². The Hall–Kier alpha value is -3.04. The normalized spacial score (nSPS) is 11.5. The van der Waals surface area contributed by atoms with Gasteiger partial charge in [-0.15, -0.1) is 10.2 Å². The monoisotopic (exact) mass is 386 g/mol. The van der Waals surface area contributed by atoms with Gasteiger partial charge < -0.3 is 9.73 Å². The number of carbonyl (C=O) groups excluding carboxylic acids is 1. The second-order valence-corrected chi connectivity index (χ2v) is 8.02. The number of carbonyl (C=O) groups is 1. The largest absolute Gasteiger partial charge is 0.419 e. The molecule has 0 aliphatic heterocycles. The molecular weight excluding hydrogens is 368 g/mol. The molecule has 1 N–H and O–H groups in total. The summed E-state index contributed by atoms with van der Waals surface area (Å²) in [6, 6.07) is 15.1. The number of hydrogen-bond acceptors (Lipinski definition) is 6. The van der Waals surface area contributed by atoms with Crippen LogP contribution in [0.1, 0.15) is 16.2 Å². The Kier molecular flexibility index (Phi) is 5.33. The van der Waals surface area contributed by atoms with Crippen LogP contribution in [-0.2, 0) is 16.6 Å². The summed E-state index contributed by atoms with van der Waals surface area (Å²) in [5, 5.41) is 10.5. The summed E-state index contributed by atoms with van der Waals surface area (Å²) in [6.07, 6.45) is 0. The van der Waals surface area contributed by atoms with Gasteiger partial charge in [-0.2, -0.15) is 0 Å². The number of amides is 1. The molecule has 1 aromatic heterocycles. The molecule has 9 heteroatoms. The molecular formula is C18H18N4O4S. The molecule has 0 fully saturated rings. The van der Waals surface area contributed by atoms with Gasteiger partial charge in [0.05, 0.1) is 11.4 Å². The zero-order valence-corrected chi connectivity index (χ0v) is 15.6. The van der Waals surface area contributed by atoms with Crippen molar-refractivity contribution in [2.24, 2.45) is 0 Å². The molecule has 0 radical (unpaired) electrons. The van der Waals surface area contributed by atoms with E-state index in [0.29, 0.717) is 5.89 Å². The molecule has 3 aromatic rings. The quantitative estimate of drug-likeness (QED) is 0.694. The van der Waals surface area contributed by atoms with Crippen LogP contribution < -0.4 is 5.32 Å². The fourth-order valence-corrected chi connectivity index (χ4v) is 3.24. The maximum atomic E-state index is 12.3. The number of hydrogen-bond donors (Lipinski definition) is 1. The Bertz CT molecular complexity index is 1050. The first kappa shape index (κ1) is 18.7. The van der Waals surface area contributed by atoms with E-state index in [1.54, 1.807) is 0 Å². The molecule has 1 amide bonds.